The first kappa shape index (κ1) is 22.8. The Hall–Kier alpha value is -2.97. The number of aromatic nitrogens is 3. The number of piperidine rings is 2. The standard InChI is InChI=1S/C26H33N5O3/c1-2-29-13-9-21-23(29)28-18-31(25(21)33)17-26(34)10-14-30(15-11-26)24(32)20-8-12-27-16-22(20)19-6-4-3-5-7-19/h3-7,9,13,18,20,22,27,34H,2,8,10-12,14-17H2,1H3/t20-,22+/m1/s1. The topological polar surface area (TPSA) is 92.4 Å². The molecule has 0 saturated carbocycles. The van der Waals surface area contributed by atoms with Crippen LogP contribution < -0.4 is 10.9 Å². The molecule has 4 heterocycles. The summed E-state index contributed by atoms with van der Waals surface area (Å²) >= 11 is 0. The summed E-state index contributed by atoms with van der Waals surface area (Å²) in [5, 5.41) is 15.3. The molecular weight excluding hydrogens is 430 g/mol. The van der Waals surface area contributed by atoms with E-state index in [9.17, 15) is 14.7 Å². The van der Waals surface area contributed by atoms with Gasteiger partial charge in [0.05, 0.1) is 17.5 Å². The van der Waals surface area contributed by atoms with Gasteiger partial charge in [0.2, 0.25) is 5.91 Å². The van der Waals surface area contributed by atoms with Crippen molar-refractivity contribution in [2.45, 2.75) is 50.8 Å². The predicted molar refractivity (Wildman–Crippen MR) is 131 cm³/mol. The molecule has 0 unspecified atom stereocenters. The van der Waals surface area contributed by atoms with Gasteiger partial charge in [-0.1, -0.05) is 30.3 Å². The summed E-state index contributed by atoms with van der Waals surface area (Å²) in [6, 6.07) is 12.0. The average Bonchev–Trinajstić information content (AvgIpc) is 3.30. The number of nitrogens with zero attached hydrogens (tertiary/aromatic N) is 4. The highest BCUT2D eigenvalue weighted by Crippen LogP contribution is 2.33. The maximum absolute atomic E-state index is 13.5. The van der Waals surface area contributed by atoms with Crippen molar-refractivity contribution >= 4 is 16.9 Å². The monoisotopic (exact) mass is 463 g/mol. The number of carbonyl (C=O) groups is 1. The van der Waals surface area contributed by atoms with E-state index in [2.05, 4.69) is 22.4 Å². The molecule has 2 aliphatic rings. The van der Waals surface area contributed by atoms with Crippen LogP contribution in [0.2, 0.25) is 0 Å². The number of rotatable bonds is 5. The molecule has 2 fully saturated rings. The molecule has 1 aromatic carbocycles. The van der Waals surface area contributed by atoms with Crippen LogP contribution in [0.5, 0.6) is 0 Å². The third-order valence-electron chi connectivity index (χ3n) is 7.58. The number of nitrogens with one attached hydrogen (secondary N) is 1. The predicted octanol–water partition coefficient (Wildman–Crippen LogP) is 1.96. The molecule has 0 radical (unpaired) electrons. The Bertz CT molecular complexity index is 1210. The van der Waals surface area contributed by atoms with Crippen molar-refractivity contribution in [2.75, 3.05) is 26.2 Å². The van der Waals surface area contributed by atoms with Gasteiger partial charge in [0.15, 0.2) is 0 Å². The number of amides is 1. The van der Waals surface area contributed by atoms with Gasteiger partial charge in [-0.25, -0.2) is 4.98 Å². The van der Waals surface area contributed by atoms with Crippen molar-refractivity contribution < 1.29 is 9.90 Å². The Kier molecular flexibility index (Phi) is 6.27. The minimum absolute atomic E-state index is 0.0494. The second-order valence-corrected chi connectivity index (χ2v) is 9.68. The average molecular weight is 464 g/mol. The van der Waals surface area contributed by atoms with Crippen LogP contribution in [0.4, 0.5) is 0 Å². The van der Waals surface area contributed by atoms with Crippen LogP contribution in [0.25, 0.3) is 11.0 Å². The molecule has 8 nitrogen and oxygen atoms in total. The van der Waals surface area contributed by atoms with Gasteiger partial charge in [0, 0.05) is 44.2 Å². The van der Waals surface area contributed by atoms with Gasteiger partial charge in [0.25, 0.3) is 5.56 Å². The molecule has 34 heavy (non-hydrogen) atoms. The highest BCUT2D eigenvalue weighted by Gasteiger charge is 2.39. The van der Waals surface area contributed by atoms with E-state index in [-0.39, 0.29) is 29.8 Å². The van der Waals surface area contributed by atoms with Gasteiger partial charge in [-0.15, -0.1) is 0 Å². The van der Waals surface area contributed by atoms with Gasteiger partial charge < -0.3 is 19.9 Å². The van der Waals surface area contributed by atoms with E-state index in [1.165, 1.54) is 16.5 Å². The third kappa shape index (κ3) is 4.28. The highest BCUT2D eigenvalue weighted by atomic mass is 16.3. The minimum Gasteiger partial charge on any atom is -0.388 e. The second kappa shape index (κ2) is 9.35. The van der Waals surface area contributed by atoms with E-state index in [0.717, 1.165) is 26.1 Å². The Morgan fingerprint density at radius 3 is 2.68 bits per heavy atom. The lowest BCUT2D eigenvalue weighted by Crippen LogP contribution is -2.52. The van der Waals surface area contributed by atoms with Crippen molar-refractivity contribution in [3.8, 4) is 0 Å². The first-order valence-electron chi connectivity index (χ1n) is 12.3. The minimum atomic E-state index is -1.03. The molecule has 2 atom stereocenters. The summed E-state index contributed by atoms with van der Waals surface area (Å²) in [4.78, 5) is 32.8. The Morgan fingerprint density at radius 2 is 1.94 bits per heavy atom. The van der Waals surface area contributed by atoms with Gasteiger partial charge in [-0.3, -0.25) is 14.2 Å². The number of hydrogen-bond donors (Lipinski definition) is 2. The quantitative estimate of drug-likeness (QED) is 0.604. The molecule has 5 rings (SSSR count). The van der Waals surface area contributed by atoms with E-state index in [1.807, 2.05) is 40.8 Å². The maximum atomic E-state index is 13.5. The lowest BCUT2D eigenvalue weighted by molar-refractivity contribution is -0.141. The van der Waals surface area contributed by atoms with Gasteiger partial charge in [0.1, 0.15) is 12.0 Å². The molecule has 3 aromatic rings. The van der Waals surface area contributed by atoms with Crippen LogP contribution in [-0.4, -0.2) is 61.8 Å². The summed E-state index contributed by atoms with van der Waals surface area (Å²) in [5.41, 5.74) is 0.701. The zero-order chi connectivity index (χ0) is 23.7. The van der Waals surface area contributed by atoms with Crippen LogP contribution in [0.1, 0.15) is 37.7 Å². The fourth-order valence-electron chi connectivity index (χ4n) is 5.53. The van der Waals surface area contributed by atoms with Crippen molar-refractivity contribution in [3.63, 3.8) is 0 Å². The first-order chi connectivity index (χ1) is 16.5. The number of hydrogen-bond acceptors (Lipinski definition) is 5. The summed E-state index contributed by atoms with van der Waals surface area (Å²) in [7, 11) is 0. The van der Waals surface area contributed by atoms with Gasteiger partial charge in [-0.2, -0.15) is 0 Å². The van der Waals surface area contributed by atoms with E-state index in [1.54, 1.807) is 6.07 Å². The summed E-state index contributed by atoms with van der Waals surface area (Å²) < 4.78 is 3.45. The summed E-state index contributed by atoms with van der Waals surface area (Å²) in [6.45, 7) is 5.58. The smallest absolute Gasteiger partial charge is 0.262 e. The number of carbonyl (C=O) groups excluding carboxylic acids is 1. The normalized spacial score (nSPS) is 22.7. The van der Waals surface area contributed by atoms with Crippen LogP contribution in [-0.2, 0) is 17.9 Å². The molecule has 0 spiro atoms. The molecule has 2 N–H and O–H groups in total. The van der Waals surface area contributed by atoms with Crippen LogP contribution in [0.15, 0.2) is 53.7 Å². The van der Waals surface area contributed by atoms with Gasteiger partial charge in [-0.05, 0) is 44.4 Å². The molecule has 2 aliphatic heterocycles. The van der Waals surface area contributed by atoms with Gasteiger partial charge >= 0.3 is 0 Å². The van der Waals surface area contributed by atoms with Crippen molar-refractivity contribution in [2.24, 2.45) is 5.92 Å². The molecule has 180 valence electrons. The Morgan fingerprint density at radius 1 is 1.18 bits per heavy atom. The highest BCUT2D eigenvalue weighted by molar-refractivity contribution is 5.80. The van der Waals surface area contributed by atoms with E-state index >= 15 is 0 Å². The SMILES string of the molecule is CCn1ccc2c(=O)n(CC3(O)CCN(C(=O)[C@@H]4CCNC[C@H]4c4ccccc4)CC3)cnc21. The van der Waals surface area contributed by atoms with Crippen molar-refractivity contribution in [1.29, 1.82) is 0 Å². The number of fused-ring (bicyclic) bond motifs is 1. The lowest BCUT2D eigenvalue weighted by atomic mass is 9.80. The van der Waals surface area contributed by atoms with E-state index < -0.39 is 5.60 Å². The largest absolute Gasteiger partial charge is 0.388 e. The van der Waals surface area contributed by atoms with Crippen molar-refractivity contribution in [1.82, 2.24) is 24.3 Å². The van der Waals surface area contributed by atoms with Crippen LogP contribution in [0.3, 0.4) is 0 Å². The number of likely N-dealkylation sites (tertiary alicyclic amines) is 1. The Balaban J connectivity index is 1.26. The van der Waals surface area contributed by atoms with Crippen molar-refractivity contribution in [3.05, 3.63) is 64.8 Å². The fourth-order valence-corrected chi connectivity index (χ4v) is 5.53. The lowest BCUT2D eigenvalue weighted by Gasteiger charge is -2.41. The number of benzene rings is 1. The van der Waals surface area contributed by atoms with E-state index in [0.29, 0.717) is 37.0 Å². The Labute approximate surface area is 199 Å². The molecule has 2 aromatic heterocycles. The molecule has 0 aliphatic carbocycles. The molecule has 1 amide bonds. The molecular formula is C26H33N5O3. The summed E-state index contributed by atoms with van der Waals surface area (Å²) in [6.07, 6.45) is 5.11. The third-order valence-corrected chi connectivity index (χ3v) is 7.58. The van der Waals surface area contributed by atoms with E-state index in [4.69, 9.17) is 0 Å². The second-order valence-electron chi connectivity index (χ2n) is 9.68. The molecule has 2 saturated heterocycles. The zero-order valence-corrected chi connectivity index (χ0v) is 19.7. The summed E-state index contributed by atoms with van der Waals surface area (Å²) in [5.74, 6) is 0.292. The van der Waals surface area contributed by atoms with Crippen LogP contribution >= 0.6 is 0 Å². The zero-order valence-electron chi connectivity index (χ0n) is 19.7. The molecule has 0 bridgehead atoms. The fraction of sp³-hybridized carbons (Fsp3) is 0.500. The van der Waals surface area contributed by atoms with Crippen LogP contribution in [0, 0.1) is 5.92 Å². The number of aliphatic hydroxyl groups is 1. The first-order valence-corrected chi connectivity index (χ1v) is 12.3. The number of aryl methyl sites for hydroxylation is 1. The maximum Gasteiger partial charge on any atom is 0.262 e. The molecule has 8 heteroatoms.